The highest BCUT2D eigenvalue weighted by Crippen LogP contribution is 2.34. The molecule has 2 aliphatic rings. The van der Waals surface area contributed by atoms with E-state index in [1.54, 1.807) is 13.3 Å². The van der Waals surface area contributed by atoms with Crippen LogP contribution in [0.4, 0.5) is 0 Å². The van der Waals surface area contributed by atoms with Gasteiger partial charge in [-0.2, -0.15) is 0 Å². The summed E-state index contributed by atoms with van der Waals surface area (Å²) < 4.78 is 5.60. The van der Waals surface area contributed by atoms with E-state index in [1.165, 1.54) is 0 Å². The highest BCUT2D eigenvalue weighted by Gasteiger charge is 2.43. The van der Waals surface area contributed by atoms with Crippen molar-refractivity contribution in [2.45, 2.75) is 25.5 Å². The number of oxime groups is 1. The highest BCUT2D eigenvalue weighted by molar-refractivity contribution is 6.03. The van der Waals surface area contributed by atoms with Gasteiger partial charge in [-0.3, -0.25) is 4.98 Å². The van der Waals surface area contributed by atoms with Gasteiger partial charge in [0.15, 0.2) is 5.84 Å². The second-order valence-corrected chi connectivity index (χ2v) is 6.94. The van der Waals surface area contributed by atoms with Gasteiger partial charge in [-0.1, -0.05) is 17.3 Å². The van der Waals surface area contributed by atoms with Crippen molar-refractivity contribution >= 4 is 11.9 Å². The summed E-state index contributed by atoms with van der Waals surface area (Å²) in [7, 11) is 1.67. The van der Waals surface area contributed by atoms with Crippen LogP contribution in [-0.4, -0.2) is 46.8 Å². The molecular formula is C21H23N3O3. The average Bonchev–Trinajstić information content (AvgIpc) is 3.07. The van der Waals surface area contributed by atoms with Crippen LogP contribution in [0.1, 0.15) is 25.3 Å². The summed E-state index contributed by atoms with van der Waals surface area (Å²) >= 11 is 0. The number of pyridine rings is 1. The molecule has 1 unspecified atom stereocenters. The Morgan fingerprint density at radius 2 is 2.22 bits per heavy atom. The number of hydrogen-bond acceptors (Lipinski definition) is 6. The molecule has 0 aliphatic carbocycles. The molecule has 1 aromatic heterocycles. The number of methoxy groups -OCH3 is 1. The normalized spacial score (nSPS) is 23.0. The standard InChI is InChI=1S/C21H23N3O3/c1-21(14-25)24-11-5-6-16(20(24)23-27-21)12-15-8-9-17(19(13-15)26-2)18-7-3-4-10-22-18/h3-4,7-10,12-13,25H,5-6,11,14H2,1-2H3/b16-12+. The van der Waals surface area contributed by atoms with Crippen molar-refractivity contribution in [2.75, 3.05) is 20.3 Å². The van der Waals surface area contributed by atoms with Crippen LogP contribution in [0, 0.1) is 0 Å². The number of ether oxygens (including phenoxy) is 1. The first-order valence-corrected chi connectivity index (χ1v) is 9.10. The van der Waals surface area contributed by atoms with Crippen LogP contribution in [0.5, 0.6) is 5.75 Å². The molecule has 2 aliphatic heterocycles. The van der Waals surface area contributed by atoms with Crippen LogP contribution in [-0.2, 0) is 4.84 Å². The lowest BCUT2D eigenvalue weighted by atomic mass is 9.97. The molecule has 2 aromatic rings. The summed E-state index contributed by atoms with van der Waals surface area (Å²) in [5.74, 6) is 1.59. The molecule has 0 radical (unpaired) electrons. The Labute approximate surface area is 158 Å². The van der Waals surface area contributed by atoms with Crippen molar-refractivity contribution in [1.82, 2.24) is 9.88 Å². The predicted molar refractivity (Wildman–Crippen MR) is 104 cm³/mol. The fourth-order valence-corrected chi connectivity index (χ4v) is 3.56. The van der Waals surface area contributed by atoms with Gasteiger partial charge in [0.1, 0.15) is 12.4 Å². The Morgan fingerprint density at radius 3 is 2.96 bits per heavy atom. The maximum Gasteiger partial charge on any atom is 0.231 e. The maximum absolute atomic E-state index is 9.67. The largest absolute Gasteiger partial charge is 0.496 e. The number of piperidine rings is 1. The molecule has 1 N–H and O–H groups in total. The minimum atomic E-state index is -0.768. The lowest BCUT2D eigenvalue weighted by Gasteiger charge is -2.36. The van der Waals surface area contributed by atoms with E-state index in [-0.39, 0.29) is 6.61 Å². The van der Waals surface area contributed by atoms with Crippen LogP contribution < -0.4 is 4.74 Å². The molecule has 0 amide bonds. The zero-order valence-electron chi connectivity index (χ0n) is 15.6. The maximum atomic E-state index is 9.67. The van der Waals surface area contributed by atoms with Crippen molar-refractivity contribution < 1.29 is 14.7 Å². The first-order valence-electron chi connectivity index (χ1n) is 9.10. The quantitative estimate of drug-likeness (QED) is 0.901. The minimum Gasteiger partial charge on any atom is -0.496 e. The first-order chi connectivity index (χ1) is 13.1. The van der Waals surface area contributed by atoms with Crippen molar-refractivity contribution in [3.05, 3.63) is 53.7 Å². The van der Waals surface area contributed by atoms with Crippen LogP contribution >= 0.6 is 0 Å². The topological polar surface area (TPSA) is 67.2 Å². The second-order valence-electron chi connectivity index (χ2n) is 6.94. The van der Waals surface area contributed by atoms with Gasteiger partial charge in [-0.25, -0.2) is 0 Å². The van der Waals surface area contributed by atoms with Crippen molar-refractivity contribution in [3.63, 3.8) is 0 Å². The van der Waals surface area contributed by atoms with E-state index < -0.39 is 5.72 Å². The van der Waals surface area contributed by atoms with E-state index >= 15 is 0 Å². The number of aromatic nitrogens is 1. The predicted octanol–water partition coefficient (Wildman–Crippen LogP) is 3.29. The van der Waals surface area contributed by atoms with Gasteiger partial charge in [-0.15, -0.1) is 0 Å². The number of nitrogens with zero attached hydrogens (tertiary/aromatic N) is 3. The zero-order chi connectivity index (χ0) is 18.9. The number of fused-ring (bicyclic) bond motifs is 1. The van der Waals surface area contributed by atoms with Gasteiger partial charge < -0.3 is 19.6 Å². The summed E-state index contributed by atoms with van der Waals surface area (Å²) in [5.41, 5.74) is 3.20. The first kappa shape index (κ1) is 17.5. The number of benzene rings is 1. The molecule has 1 fully saturated rings. The van der Waals surface area contributed by atoms with Crippen LogP contribution in [0.3, 0.4) is 0 Å². The van der Waals surface area contributed by atoms with Crippen molar-refractivity contribution in [1.29, 1.82) is 0 Å². The van der Waals surface area contributed by atoms with Crippen LogP contribution in [0.2, 0.25) is 0 Å². The smallest absolute Gasteiger partial charge is 0.231 e. The summed E-state index contributed by atoms with van der Waals surface area (Å²) in [6.45, 7) is 2.59. The molecule has 140 valence electrons. The Balaban J connectivity index is 1.66. The molecule has 6 nitrogen and oxygen atoms in total. The van der Waals surface area contributed by atoms with E-state index in [2.05, 4.69) is 22.3 Å². The molecule has 1 aromatic carbocycles. The summed E-state index contributed by atoms with van der Waals surface area (Å²) in [5, 5.41) is 13.9. The van der Waals surface area contributed by atoms with E-state index in [1.807, 2.05) is 42.2 Å². The van der Waals surface area contributed by atoms with Crippen LogP contribution in [0.25, 0.3) is 17.3 Å². The van der Waals surface area contributed by atoms with E-state index in [9.17, 15) is 5.11 Å². The Kier molecular flexibility index (Phi) is 4.58. The number of hydrogen-bond donors (Lipinski definition) is 1. The zero-order valence-corrected chi connectivity index (χ0v) is 15.6. The van der Waals surface area contributed by atoms with Gasteiger partial charge in [-0.05, 0) is 61.2 Å². The fourth-order valence-electron chi connectivity index (χ4n) is 3.56. The monoisotopic (exact) mass is 365 g/mol. The summed E-state index contributed by atoms with van der Waals surface area (Å²) in [4.78, 5) is 12.0. The molecule has 0 spiro atoms. The van der Waals surface area contributed by atoms with E-state index in [0.29, 0.717) is 0 Å². The minimum absolute atomic E-state index is 0.0973. The third-order valence-electron chi connectivity index (χ3n) is 5.07. The van der Waals surface area contributed by atoms with Crippen molar-refractivity contribution in [3.8, 4) is 17.0 Å². The molecule has 3 heterocycles. The van der Waals surface area contributed by atoms with Gasteiger partial charge in [0, 0.05) is 18.3 Å². The third-order valence-corrected chi connectivity index (χ3v) is 5.07. The van der Waals surface area contributed by atoms with E-state index in [4.69, 9.17) is 9.57 Å². The van der Waals surface area contributed by atoms with Crippen LogP contribution in [0.15, 0.2) is 53.3 Å². The molecular weight excluding hydrogens is 342 g/mol. The van der Waals surface area contributed by atoms with Crippen molar-refractivity contribution in [2.24, 2.45) is 5.16 Å². The average molecular weight is 365 g/mol. The number of aliphatic hydroxyl groups excluding tert-OH is 1. The summed E-state index contributed by atoms with van der Waals surface area (Å²) in [6.07, 6.45) is 5.80. The lowest BCUT2D eigenvalue weighted by Crippen LogP contribution is -2.51. The van der Waals surface area contributed by atoms with Gasteiger partial charge >= 0.3 is 0 Å². The molecule has 1 atom stereocenters. The molecule has 27 heavy (non-hydrogen) atoms. The Hall–Kier alpha value is -2.86. The molecule has 1 saturated heterocycles. The third kappa shape index (κ3) is 3.17. The van der Waals surface area contributed by atoms with Gasteiger partial charge in [0.2, 0.25) is 5.72 Å². The Morgan fingerprint density at radius 1 is 1.33 bits per heavy atom. The molecule has 0 saturated carbocycles. The number of rotatable bonds is 4. The fraction of sp³-hybridized carbons (Fsp3) is 0.333. The molecule has 4 rings (SSSR count). The number of amidine groups is 1. The lowest BCUT2D eigenvalue weighted by molar-refractivity contribution is -0.116. The van der Waals surface area contributed by atoms with Gasteiger partial charge in [0.05, 0.1) is 12.8 Å². The molecule has 0 bridgehead atoms. The number of aliphatic hydroxyl groups is 1. The highest BCUT2D eigenvalue weighted by atomic mass is 16.7. The summed E-state index contributed by atoms with van der Waals surface area (Å²) in [6, 6.07) is 11.9. The van der Waals surface area contributed by atoms with Gasteiger partial charge in [0.25, 0.3) is 0 Å². The Bertz CT molecular complexity index is 895. The van der Waals surface area contributed by atoms with E-state index in [0.717, 1.165) is 53.4 Å². The molecule has 6 heteroatoms. The second kappa shape index (κ2) is 7.04. The SMILES string of the molecule is COc1cc(/C=C2\CCCN3C2=NOC3(C)CO)ccc1-c1ccccn1.